The van der Waals surface area contributed by atoms with Crippen LogP contribution in [0.4, 0.5) is 0 Å². The van der Waals surface area contributed by atoms with Crippen molar-refractivity contribution in [2.24, 2.45) is 0 Å². The molecule has 0 spiro atoms. The second-order valence-electron chi connectivity index (χ2n) is 5.55. The van der Waals surface area contributed by atoms with Gasteiger partial charge in [-0.05, 0) is 26.7 Å². The largest absolute Gasteiger partial charge is 0.416 e. The van der Waals surface area contributed by atoms with Crippen LogP contribution >= 0.6 is 0 Å². The Balaban J connectivity index is 3.67. The number of nitrogens with zero attached hydrogens (tertiary/aromatic N) is 1. The molecular formula is C9H25NOSi2. The fraction of sp³-hybridized carbons (Fsp3) is 1.00. The SMILES string of the molecule is CN(CCO[Si](C)(C)C)[Si](C)(C)C. The van der Waals surface area contributed by atoms with E-state index in [1.807, 2.05) is 0 Å². The van der Waals surface area contributed by atoms with Crippen LogP contribution in [0.25, 0.3) is 0 Å². The first-order chi connectivity index (χ1) is 5.63. The van der Waals surface area contributed by atoms with Crippen molar-refractivity contribution in [3.05, 3.63) is 0 Å². The summed E-state index contributed by atoms with van der Waals surface area (Å²) in [7, 11) is -0.174. The van der Waals surface area contributed by atoms with Crippen LogP contribution in [0.5, 0.6) is 0 Å². The van der Waals surface area contributed by atoms with E-state index >= 15 is 0 Å². The van der Waals surface area contributed by atoms with E-state index in [0.717, 1.165) is 13.2 Å². The van der Waals surface area contributed by atoms with E-state index in [1.165, 1.54) is 0 Å². The lowest BCUT2D eigenvalue weighted by Gasteiger charge is -2.30. The Morgan fingerprint density at radius 1 is 1.00 bits per heavy atom. The van der Waals surface area contributed by atoms with Crippen molar-refractivity contribution in [1.29, 1.82) is 0 Å². The van der Waals surface area contributed by atoms with Gasteiger partial charge in [0.15, 0.2) is 8.32 Å². The Morgan fingerprint density at radius 3 is 1.77 bits per heavy atom. The summed E-state index contributed by atoms with van der Waals surface area (Å²) < 4.78 is 8.28. The van der Waals surface area contributed by atoms with E-state index < -0.39 is 16.6 Å². The van der Waals surface area contributed by atoms with Crippen LogP contribution in [0, 0.1) is 0 Å². The molecule has 0 aromatic rings. The van der Waals surface area contributed by atoms with Gasteiger partial charge in [-0.3, -0.25) is 0 Å². The number of hydrogen-bond acceptors (Lipinski definition) is 2. The van der Waals surface area contributed by atoms with Crippen molar-refractivity contribution in [2.45, 2.75) is 39.3 Å². The molecule has 0 atom stereocenters. The zero-order chi connectivity index (χ0) is 10.7. The van der Waals surface area contributed by atoms with Gasteiger partial charge in [-0.25, -0.2) is 0 Å². The van der Waals surface area contributed by atoms with E-state index in [0.29, 0.717) is 0 Å². The highest BCUT2D eigenvalue weighted by molar-refractivity contribution is 6.73. The minimum Gasteiger partial charge on any atom is -0.416 e. The molecule has 0 saturated heterocycles. The summed E-state index contributed by atoms with van der Waals surface area (Å²) in [5, 5.41) is 0. The fourth-order valence-electron chi connectivity index (χ4n) is 0.824. The molecule has 0 aliphatic carbocycles. The highest BCUT2D eigenvalue weighted by Gasteiger charge is 2.20. The summed E-state index contributed by atoms with van der Waals surface area (Å²) in [6, 6.07) is 0. The average molecular weight is 219 g/mol. The lowest BCUT2D eigenvalue weighted by molar-refractivity contribution is 0.279. The standard InChI is InChI=1S/C9H25NOSi2/c1-10(12(2,3)4)8-9-11-13(5,6)7/h8-9H2,1-7H3. The molecule has 13 heavy (non-hydrogen) atoms. The molecule has 0 N–H and O–H groups in total. The van der Waals surface area contributed by atoms with E-state index in [4.69, 9.17) is 4.43 Å². The molecule has 4 heteroatoms. The van der Waals surface area contributed by atoms with Gasteiger partial charge in [0.05, 0.1) is 0 Å². The van der Waals surface area contributed by atoms with Crippen molar-refractivity contribution < 1.29 is 4.43 Å². The van der Waals surface area contributed by atoms with Gasteiger partial charge in [-0.2, -0.15) is 0 Å². The van der Waals surface area contributed by atoms with Gasteiger partial charge in [-0.15, -0.1) is 0 Å². The minimum atomic E-state index is -1.29. The second kappa shape index (κ2) is 4.73. The molecule has 0 fully saturated rings. The molecule has 0 heterocycles. The van der Waals surface area contributed by atoms with Crippen molar-refractivity contribution in [2.75, 3.05) is 20.2 Å². The first-order valence-corrected chi connectivity index (χ1v) is 11.8. The summed E-state index contributed by atoms with van der Waals surface area (Å²) in [6.07, 6.45) is 0. The third-order valence-corrected chi connectivity index (χ3v) is 5.69. The van der Waals surface area contributed by atoms with Crippen LogP contribution in [-0.2, 0) is 4.43 Å². The maximum Gasteiger partial charge on any atom is 0.183 e. The van der Waals surface area contributed by atoms with Crippen LogP contribution in [0.15, 0.2) is 0 Å². The Hall–Kier alpha value is 0.354. The van der Waals surface area contributed by atoms with E-state index in [2.05, 4.69) is 50.9 Å². The first-order valence-electron chi connectivity index (χ1n) is 4.98. The lowest BCUT2D eigenvalue weighted by Crippen LogP contribution is -2.45. The monoisotopic (exact) mass is 219 g/mol. The summed E-state index contributed by atoms with van der Waals surface area (Å²) in [4.78, 5) is 0. The topological polar surface area (TPSA) is 12.5 Å². The Bertz CT molecular complexity index is 149. The van der Waals surface area contributed by atoms with E-state index in [-0.39, 0.29) is 0 Å². The average Bonchev–Trinajstić information content (AvgIpc) is 1.82. The van der Waals surface area contributed by atoms with Crippen LogP contribution in [0.1, 0.15) is 0 Å². The van der Waals surface area contributed by atoms with Crippen molar-refractivity contribution >= 4 is 16.6 Å². The predicted octanol–water partition coefficient (Wildman–Crippen LogP) is 2.60. The van der Waals surface area contributed by atoms with Crippen molar-refractivity contribution in [3.63, 3.8) is 0 Å². The molecule has 0 aliphatic rings. The Labute approximate surface area is 85.5 Å². The molecule has 80 valence electrons. The summed E-state index contributed by atoms with van der Waals surface area (Å²) in [5.74, 6) is 0. The molecule has 0 bridgehead atoms. The maximum atomic E-state index is 5.81. The molecular weight excluding hydrogens is 194 g/mol. The Kier molecular flexibility index (Phi) is 4.86. The van der Waals surface area contributed by atoms with Crippen LogP contribution in [0.3, 0.4) is 0 Å². The van der Waals surface area contributed by atoms with Gasteiger partial charge >= 0.3 is 0 Å². The lowest BCUT2D eigenvalue weighted by atomic mass is 10.7. The second-order valence-corrected chi connectivity index (χ2v) is 15.2. The van der Waals surface area contributed by atoms with E-state index in [1.54, 1.807) is 0 Å². The van der Waals surface area contributed by atoms with Gasteiger partial charge in [0.25, 0.3) is 0 Å². The highest BCUT2D eigenvalue weighted by atomic mass is 28.4. The molecule has 0 amide bonds. The number of hydrogen-bond donors (Lipinski definition) is 0. The normalized spacial score (nSPS) is 13.8. The quantitative estimate of drug-likeness (QED) is 0.659. The highest BCUT2D eigenvalue weighted by Crippen LogP contribution is 2.07. The summed E-state index contributed by atoms with van der Waals surface area (Å²) in [5.41, 5.74) is 0. The fourth-order valence-corrected chi connectivity index (χ4v) is 2.29. The van der Waals surface area contributed by atoms with E-state index in [9.17, 15) is 0 Å². The van der Waals surface area contributed by atoms with Crippen molar-refractivity contribution in [3.8, 4) is 0 Å². The summed E-state index contributed by atoms with van der Waals surface area (Å²) >= 11 is 0. The third-order valence-electron chi connectivity index (χ3n) is 2.11. The predicted molar refractivity (Wildman–Crippen MR) is 65.3 cm³/mol. The molecule has 0 rings (SSSR count). The van der Waals surface area contributed by atoms with Crippen LogP contribution < -0.4 is 0 Å². The first kappa shape index (κ1) is 13.4. The molecule has 0 aromatic heterocycles. The summed E-state index contributed by atoms with van der Waals surface area (Å²) in [6.45, 7) is 15.8. The zero-order valence-electron chi connectivity index (χ0n) is 10.3. The molecule has 0 unspecified atom stereocenters. The molecule has 0 saturated carbocycles. The minimum absolute atomic E-state index is 0.899. The van der Waals surface area contributed by atoms with Gasteiger partial charge in [-0.1, -0.05) is 19.6 Å². The number of likely N-dealkylation sites (N-methyl/N-ethyl adjacent to an activating group) is 1. The molecule has 0 aliphatic heterocycles. The van der Waals surface area contributed by atoms with Gasteiger partial charge in [0.2, 0.25) is 0 Å². The molecule has 2 nitrogen and oxygen atoms in total. The Morgan fingerprint density at radius 2 is 1.46 bits per heavy atom. The molecule has 0 aromatic carbocycles. The number of rotatable bonds is 5. The van der Waals surface area contributed by atoms with Crippen LogP contribution in [-0.4, -0.2) is 41.3 Å². The van der Waals surface area contributed by atoms with Crippen LogP contribution in [0.2, 0.25) is 39.3 Å². The van der Waals surface area contributed by atoms with Gasteiger partial charge in [0.1, 0.15) is 8.24 Å². The third kappa shape index (κ3) is 7.43. The van der Waals surface area contributed by atoms with Gasteiger partial charge < -0.3 is 8.99 Å². The smallest absolute Gasteiger partial charge is 0.183 e. The van der Waals surface area contributed by atoms with Crippen molar-refractivity contribution in [1.82, 2.24) is 4.57 Å². The molecule has 0 radical (unpaired) electrons. The zero-order valence-corrected chi connectivity index (χ0v) is 12.3. The van der Waals surface area contributed by atoms with Gasteiger partial charge in [0, 0.05) is 13.2 Å². The maximum absolute atomic E-state index is 5.81.